The van der Waals surface area contributed by atoms with E-state index in [-0.39, 0.29) is 12.2 Å². The predicted octanol–water partition coefficient (Wildman–Crippen LogP) is 3.11. The summed E-state index contributed by atoms with van der Waals surface area (Å²) in [5.41, 5.74) is 0. The molecule has 2 heterocycles. The van der Waals surface area contributed by atoms with Gasteiger partial charge in [0.25, 0.3) is 0 Å². The molecule has 0 saturated carbocycles. The molecule has 31 heavy (non-hydrogen) atoms. The molecule has 2 aliphatic rings. The van der Waals surface area contributed by atoms with Gasteiger partial charge in [0.2, 0.25) is 0 Å². The second kappa shape index (κ2) is 9.89. The first-order chi connectivity index (χ1) is 15.1. The minimum atomic E-state index is -0.691. The number of carbonyl (C=O) groups is 1. The lowest BCUT2D eigenvalue weighted by atomic mass is 10.3. The van der Waals surface area contributed by atoms with Gasteiger partial charge in [0, 0.05) is 0 Å². The van der Waals surface area contributed by atoms with E-state index in [1.807, 2.05) is 61.5 Å². The van der Waals surface area contributed by atoms with Crippen LogP contribution in [0.3, 0.4) is 0 Å². The fourth-order valence-corrected chi connectivity index (χ4v) is 3.31. The Morgan fingerprint density at radius 2 is 1.58 bits per heavy atom. The van der Waals surface area contributed by atoms with Crippen LogP contribution in [0.5, 0.6) is 17.2 Å². The summed E-state index contributed by atoms with van der Waals surface area (Å²) in [5.74, 6) is 1.47. The summed E-state index contributed by atoms with van der Waals surface area (Å²) >= 11 is 0. The lowest BCUT2D eigenvalue weighted by Gasteiger charge is -2.22. The highest BCUT2D eigenvalue weighted by atomic mass is 16.7. The first kappa shape index (κ1) is 21.3. The molecule has 2 saturated heterocycles. The molecule has 2 aromatic carbocycles. The summed E-state index contributed by atoms with van der Waals surface area (Å²) in [4.78, 5) is 13.7. The van der Waals surface area contributed by atoms with Crippen LogP contribution in [0.1, 0.15) is 6.92 Å². The highest BCUT2D eigenvalue weighted by Gasteiger charge is 2.32. The van der Waals surface area contributed by atoms with Crippen LogP contribution in [0.4, 0.5) is 4.79 Å². The van der Waals surface area contributed by atoms with Gasteiger partial charge in [-0.25, -0.2) is 4.79 Å². The van der Waals surface area contributed by atoms with Crippen molar-refractivity contribution in [3.63, 3.8) is 0 Å². The van der Waals surface area contributed by atoms with E-state index in [1.165, 1.54) is 0 Å². The van der Waals surface area contributed by atoms with Gasteiger partial charge < -0.3 is 33.3 Å². The van der Waals surface area contributed by atoms with Crippen molar-refractivity contribution in [1.29, 1.82) is 0 Å². The van der Waals surface area contributed by atoms with Crippen molar-refractivity contribution in [2.24, 2.45) is 0 Å². The molecule has 4 rings (SSSR count). The normalized spacial score (nSPS) is 19.8. The molecule has 0 aliphatic carbocycles. The molecule has 0 aromatic heterocycles. The second-order valence-corrected chi connectivity index (χ2v) is 7.52. The summed E-state index contributed by atoms with van der Waals surface area (Å²) in [7, 11) is 0. The largest absolute Gasteiger partial charge is 0.492 e. The van der Waals surface area contributed by atoms with E-state index in [1.54, 1.807) is 4.90 Å². The number of benzene rings is 2. The van der Waals surface area contributed by atoms with E-state index in [2.05, 4.69) is 0 Å². The first-order valence-corrected chi connectivity index (χ1v) is 10.4. The van der Waals surface area contributed by atoms with Crippen LogP contribution in [0, 0.1) is 0 Å². The average molecular weight is 429 g/mol. The Hall–Kier alpha value is -2.97. The zero-order valence-electron chi connectivity index (χ0n) is 17.5. The topological polar surface area (TPSA) is 75.7 Å². The van der Waals surface area contributed by atoms with E-state index >= 15 is 0 Å². The van der Waals surface area contributed by atoms with E-state index in [0.29, 0.717) is 57.6 Å². The number of rotatable bonds is 10. The summed E-state index contributed by atoms with van der Waals surface area (Å²) in [6.07, 6.45) is -0.641. The molecule has 1 amide bonds. The highest BCUT2D eigenvalue weighted by molar-refractivity contribution is 5.69. The molecule has 2 aliphatic heterocycles. The van der Waals surface area contributed by atoms with Crippen molar-refractivity contribution in [2.45, 2.75) is 18.8 Å². The maximum atomic E-state index is 12.0. The average Bonchev–Trinajstić information content (AvgIpc) is 3.38. The fraction of sp³-hybridized carbons (Fsp3) is 0.435. The number of hydrogen-bond donors (Lipinski definition) is 0. The first-order valence-electron chi connectivity index (χ1n) is 10.4. The Bertz CT molecular complexity index is 837. The monoisotopic (exact) mass is 429 g/mol. The molecule has 0 bridgehead atoms. The van der Waals surface area contributed by atoms with Crippen LogP contribution < -0.4 is 14.2 Å². The van der Waals surface area contributed by atoms with Crippen LogP contribution in [0.2, 0.25) is 0 Å². The molecule has 1 unspecified atom stereocenters. The van der Waals surface area contributed by atoms with Gasteiger partial charge in [-0.1, -0.05) is 18.2 Å². The van der Waals surface area contributed by atoms with Gasteiger partial charge in [0.05, 0.1) is 26.3 Å². The third-order valence-electron chi connectivity index (χ3n) is 4.98. The summed E-state index contributed by atoms with van der Waals surface area (Å²) in [6, 6.07) is 16.8. The van der Waals surface area contributed by atoms with Crippen molar-refractivity contribution in [3.05, 3.63) is 54.6 Å². The van der Waals surface area contributed by atoms with E-state index in [0.717, 1.165) is 5.75 Å². The van der Waals surface area contributed by atoms with Gasteiger partial charge in [-0.3, -0.25) is 0 Å². The van der Waals surface area contributed by atoms with Crippen LogP contribution in [-0.2, 0) is 14.2 Å². The molecule has 0 spiro atoms. The Kier molecular flexibility index (Phi) is 6.79. The lowest BCUT2D eigenvalue weighted by Crippen LogP contribution is -2.33. The molecule has 0 N–H and O–H groups in total. The molecular formula is C23H27NO7. The van der Waals surface area contributed by atoms with Crippen molar-refractivity contribution in [2.75, 3.05) is 46.1 Å². The molecule has 2 fully saturated rings. The number of para-hydroxylation sites is 1. The second-order valence-electron chi connectivity index (χ2n) is 7.52. The third kappa shape index (κ3) is 6.02. The number of amides is 1. The van der Waals surface area contributed by atoms with Gasteiger partial charge >= 0.3 is 6.09 Å². The molecule has 166 valence electrons. The van der Waals surface area contributed by atoms with Gasteiger partial charge in [-0.2, -0.15) is 0 Å². The van der Waals surface area contributed by atoms with Crippen molar-refractivity contribution >= 4 is 6.09 Å². The number of carbonyl (C=O) groups excluding carboxylic acids is 1. The maximum Gasteiger partial charge on any atom is 0.410 e. The molecule has 1 atom stereocenters. The maximum absolute atomic E-state index is 12.0. The molecule has 8 heteroatoms. The predicted molar refractivity (Wildman–Crippen MR) is 112 cm³/mol. The van der Waals surface area contributed by atoms with E-state index in [9.17, 15) is 4.79 Å². The smallest absolute Gasteiger partial charge is 0.410 e. The Morgan fingerprint density at radius 3 is 2.29 bits per heavy atom. The zero-order valence-corrected chi connectivity index (χ0v) is 17.5. The SMILES string of the molecule is CC1(COc2ccc(OCCN3CC(COc4ccccc4)OC3=O)cc2)OCCO1. The standard InChI is InChI=1S/C23H27NO7/c1-23(29-13-14-30-23)17-28-20-9-7-19(8-10-20)26-12-11-24-15-21(31-22(24)25)16-27-18-5-3-2-4-6-18/h2-10,21H,11-17H2,1H3. The van der Waals surface area contributed by atoms with Gasteiger partial charge in [-0.15, -0.1) is 0 Å². The van der Waals surface area contributed by atoms with Gasteiger partial charge in [-0.05, 0) is 43.3 Å². The summed E-state index contributed by atoms with van der Waals surface area (Å²) < 4.78 is 33.5. The van der Waals surface area contributed by atoms with Crippen LogP contribution in [0.25, 0.3) is 0 Å². The van der Waals surface area contributed by atoms with E-state index < -0.39 is 5.79 Å². The minimum Gasteiger partial charge on any atom is -0.492 e. The molecule has 0 radical (unpaired) electrons. The molecule has 2 aromatic rings. The summed E-state index contributed by atoms with van der Waals surface area (Å²) in [5, 5.41) is 0. The number of ether oxygens (including phenoxy) is 6. The number of cyclic esters (lactones) is 1. The van der Waals surface area contributed by atoms with Crippen LogP contribution in [0.15, 0.2) is 54.6 Å². The lowest BCUT2D eigenvalue weighted by molar-refractivity contribution is -0.162. The molecule has 8 nitrogen and oxygen atoms in total. The Morgan fingerprint density at radius 1 is 0.935 bits per heavy atom. The Balaban J connectivity index is 1.15. The quantitative estimate of drug-likeness (QED) is 0.574. The number of hydrogen-bond acceptors (Lipinski definition) is 7. The number of nitrogens with zero attached hydrogens (tertiary/aromatic N) is 1. The third-order valence-corrected chi connectivity index (χ3v) is 4.98. The van der Waals surface area contributed by atoms with Gasteiger partial charge in [0.1, 0.15) is 37.1 Å². The van der Waals surface area contributed by atoms with Gasteiger partial charge in [0.15, 0.2) is 11.9 Å². The van der Waals surface area contributed by atoms with Crippen LogP contribution in [-0.4, -0.2) is 69.0 Å². The summed E-state index contributed by atoms with van der Waals surface area (Å²) in [6.45, 7) is 4.94. The van der Waals surface area contributed by atoms with Crippen molar-refractivity contribution in [1.82, 2.24) is 4.90 Å². The fourth-order valence-electron chi connectivity index (χ4n) is 3.31. The minimum absolute atomic E-state index is 0.293. The Labute approximate surface area is 181 Å². The molecular weight excluding hydrogens is 402 g/mol. The van der Waals surface area contributed by atoms with Crippen LogP contribution >= 0.6 is 0 Å². The highest BCUT2D eigenvalue weighted by Crippen LogP contribution is 2.23. The van der Waals surface area contributed by atoms with E-state index in [4.69, 9.17) is 28.4 Å². The van der Waals surface area contributed by atoms with Crippen molar-refractivity contribution < 1.29 is 33.2 Å². The zero-order chi connectivity index (χ0) is 21.5. The van der Waals surface area contributed by atoms with Crippen molar-refractivity contribution in [3.8, 4) is 17.2 Å².